The van der Waals surface area contributed by atoms with Crippen LogP contribution < -0.4 is 15.4 Å². The molecule has 0 radical (unpaired) electrons. The van der Waals surface area contributed by atoms with E-state index in [1.165, 1.54) is 18.2 Å². The van der Waals surface area contributed by atoms with E-state index in [4.69, 9.17) is 0 Å². The molecule has 3 N–H and O–H groups in total. The second-order valence-corrected chi connectivity index (χ2v) is 8.90. The van der Waals surface area contributed by atoms with Crippen molar-refractivity contribution in [3.8, 4) is 0 Å². The average molecular weight is 433 g/mol. The lowest BCUT2D eigenvalue weighted by Gasteiger charge is -2.37. The third-order valence-electron chi connectivity index (χ3n) is 5.53. The number of nitro benzene ring substituents is 1. The summed E-state index contributed by atoms with van der Waals surface area (Å²) in [6, 6.07) is 4.86. The zero-order chi connectivity index (χ0) is 19.5. The Bertz CT molecular complexity index is 835. The molecular formula is C17H25ClN4O5S. The standard InChI is InChI=1S/C17H24N4O5S.ClH/c22-16(17-7-2-1-4-13(17)11-18-12-17)19-8-9-20-27(25,26)15-6-3-5-14(10-15)21(23)24;/h3,5-6,10,13,18,20H,1-2,4,7-9,11-12H2,(H,19,22);1H/t13-,17+;/m0./s1. The predicted octanol–water partition coefficient (Wildman–Crippen LogP) is 1.19. The number of rotatable bonds is 7. The number of benzene rings is 1. The first kappa shape index (κ1) is 22.5. The molecule has 11 heteroatoms. The molecule has 0 unspecified atom stereocenters. The summed E-state index contributed by atoms with van der Waals surface area (Å²) in [4.78, 5) is 22.7. The quantitative estimate of drug-likeness (QED) is 0.337. The Morgan fingerprint density at radius 1 is 1.32 bits per heavy atom. The molecule has 1 aliphatic carbocycles. The molecule has 1 saturated carbocycles. The van der Waals surface area contributed by atoms with Crippen molar-refractivity contribution in [1.29, 1.82) is 0 Å². The van der Waals surface area contributed by atoms with Crippen LogP contribution in [0.15, 0.2) is 29.2 Å². The second kappa shape index (κ2) is 9.17. The fourth-order valence-corrected chi connectivity index (χ4v) is 5.15. The summed E-state index contributed by atoms with van der Waals surface area (Å²) in [6.07, 6.45) is 4.07. The van der Waals surface area contributed by atoms with Gasteiger partial charge in [-0.2, -0.15) is 0 Å². The van der Waals surface area contributed by atoms with Crippen LogP contribution in [0.2, 0.25) is 0 Å². The largest absolute Gasteiger partial charge is 0.354 e. The van der Waals surface area contributed by atoms with Crippen LogP contribution >= 0.6 is 12.4 Å². The molecule has 0 spiro atoms. The van der Waals surface area contributed by atoms with Crippen molar-refractivity contribution in [1.82, 2.24) is 15.4 Å². The van der Waals surface area contributed by atoms with Gasteiger partial charge in [-0.1, -0.05) is 18.9 Å². The van der Waals surface area contributed by atoms with Crippen LogP contribution in [-0.4, -0.2) is 45.4 Å². The Hall–Kier alpha value is -1.75. The molecule has 1 aliphatic heterocycles. The highest BCUT2D eigenvalue weighted by Crippen LogP contribution is 2.43. The molecule has 0 bridgehead atoms. The summed E-state index contributed by atoms with van der Waals surface area (Å²) in [7, 11) is -3.88. The molecule has 1 saturated heterocycles. The smallest absolute Gasteiger partial charge is 0.270 e. The SMILES string of the molecule is Cl.O=C(NCCNS(=O)(=O)c1cccc([N+](=O)[O-])c1)[C@@]12CCCC[C@H]1CNC2. The van der Waals surface area contributed by atoms with Gasteiger partial charge in [0.15, 0.2) is 0 Å². The van der Waals surface area contributed by atoms with Crippen molar-refractivity contribution in [2.45, 2.75) is 30.6 Å². The van der Waals surface area contributed by atoms with Gasteiger partial charge in [0.2, 0.25) is 15.9 Å². The first-order valence-electron chi connectivity index (χ1n) is 9.08. The van der Waals surface area contributed by atoms with E-state index in [1.807, 2.05) is 0 Å². The molecule has 1 aromatic carbocycles. The van der Waals surface area contributed by atoms with Crippen molar-refractivity contribution in [3.63, 3.8) is 0 Å². The van der Waals surface area contributed by atoms with E-state index in [0.29, 0.717) is 12.5 Å². The summed E-state index contributed by atoms with van der Waals surface area (Å²) < 4.78 is 26.9. The van der Waals surface area contributed by atoms with Crippen molar-refractivity contribution in [2.24, 2.45) is 11.3 Å². The molecule has 0 aromatic heterocycles. The van der Waals surface area contributed by atoms with Gasteiger partial charge in [0.1, 0.15) is 0 Å². The Balaban J connectivity index is 0.00000280. The van der Waals surface area contributed by atoms with Gasteiger partial charge in [-0.05, 0) is 31.4 Å². The molecule has 2 atom stereocenters. The first-order chi connectivity index (χ1) is 12.8. The lowest BCUT2D eigenvalue weighted by molar-refractivity contribution is -0.385. The Kier molecular flexibility index (Phi) is 7.38. The number of non-ortho nitro benzene ring substituents is 1. The van der Waals surface area contributed by atoms with Crippen molar-refractivity contribution < 1.29 is 18.1 Å². The van der Waals surface area contributed by atoms with Gasteiger partial charge in [-0.3, -0.25) is 14.9 Å². The summed E-state index contributed by atoms with van der Waals surface area (Å²) in [6.45, 7) is 1.71. The topological polar surface area (TPSA) is 130 Å². The molecule has 2 fully saturated rings. The minimum Gasteiger partial charge on any atom is -0.354 e. The number of hydrogen-bond donors (Lipinski definition) is 3. The van der Waals surface area contributed by atoms with Crippen LogP contribution in [0.25, 0.3) is 0 Å². The van der Waals surface area contributed by atoms with Crippen LogP contribution in [0.4, 0.5) is 5.69 Å². The summed E-state index contributed by atoms with van der Waals surface area (Å²) in [5.41, 5.74) is -0.667. The highest BCUT2D eigenvalue weighted by Gasteiger charge is 2.49. The third kappa shape index (κ3) is 4.62. The van der Waals surface area contributed by atoms with Gasteiger partial charge in [-0.15, -0.1) is 12.4 Å². The van der Waals surface area contributed by atoms with E-state index >= 15 is 0 Å². The normalized spacial score (nSPS) is 24.1. The Morgan fingerprint density at radius 3 is 2.86 bits per heavy atom. The molecule has 2 aliphatic rings. The second-order valence-electron chi connectivity index (χ2n) is 7.14. The number of nitrogens with zero attached hydrogens (tertiary/aromatic N) is 1. The number of fused-ring (bicyclic) bond motifs is 1. The summed E-state index contributed by atoms with van der Waals surface area (Å²) >= 11 is 0. The lowest BCUT2D eigenvalue weighted by atomic mass is 9.67. The minimum atomic E-state index is -3.88. The number of nitro groups is 1. The molecule has 9 nitrogen and oxygen atoms in total. The first-order valence-corrected chi connectivity index (χ1v) is 10.6. The maximum Gasteiger partial charge on any atom is 0.270 e. The van der Waals surface area contributed by atoms with Gasteiger partial charge in [0.05, 0.1) is 15.2 Å². The van der Waals surface area contributed by atoms with Gasteiger partial charge in [0, 0.05) is 31.8 Å². The Labute approximate surface area is 170 Å². The maximum atomic E-state index is 12.7. The summed E-state index contributed by atoms with van der Waals surface area (Å²) in [5, 5.41) is 17.0. The average Bonchev–Trinajstić information content (AvgIpc) is 3.10. The molecular weight excluding hydrogens is 408 g/mol. The molecule has 28 heavy (non-hydrogen) atoms. The van der Waals surface area contributed by atoms with Crippen molar-refractivity contribution >= 4 is 34.0 Å². The van der Waals surface area contributed by atoms with Gasteiger partial charge >= 0.3 is 0 Å². The van der Waals surface area contributed by atoms with Crippen LogP contribution in [0.5, 0.6) is 0 Å². The predicted molar refractivity (Wildman–Crippen MR) is 106 cm³/mol. The van der Waals surface area contributed by atoms with Crippen LogP contribution in [0.1, 0.15) is 25.7 Å². The van der Waals surface area contributed by atoms with Crippen LogP contribution in [0.3, 0.4) is 0 Å². The number of amides is 1. The fraction of sp³-hybridized carbons (Fsp3) is 0.588. The van der Waals surface area contributed by atoms with Gasteiger partial charge in [0.25, 0.3) is 5.69 Å². The third-order valence-corrected chi connectivity index (χ3v) is 6.99. The van der Waals surface area contributed by atoms with E-state index in [1.54, 1.807) is 0 Å². The number of sulfonamides is 1. The van der Waals surface area contributed by atoms with Crippen molar-refractivity contribution in [2.75, 3.05) is 26.2 Å². The van der Waals surface area contributed by atoms with Crippen LogP contribution in [-0.2, 0) is 14.8 Å². The fourth-order valence-electron chi connectivity index (χ4n) is 4.08. The summed E-state index contributed by atoms with van der Waals surface area (Å²) in [5.74, 6) is 0.319. The van der Waals surface area contributed by atoms with Gasteiger partial charge in [-0.25, -0.2) is 13.1 Å². The Morgan fingerprint density at radius 2 is 2.11 bits per heavy atom. The van der Waals surface area contributed by atoms with E-state index in [9.17, 15) is 23.3 Å². The van der Waals surface area contributed by atoms with Crippen LogP contribution in [0, 0.1) is 21.4 Å². The highest BCUT2D eigenvalue weighted by molar-refractivity contribution is 7.89. The molecule has 156 valence electrons. The highest BCUT2D eigenvalue weighted by atomic mass is 35.5. The molecule has 1 amide bonds. The number of halogens is 1. The van der Waals surface area contributed by atoms with Crippen molar-refractivity contribution in [3.05, 3.63) is 34.4 Å². The zero-order valence-corrected chi connectivity index (χ0v) is 17.0. The maximum absolute atomic E-state index is 12.7. The number of carbonyl (C=O) groups is 1. The zero-order valence-electron chi connectivity index (χ0n) is 15.3. The van der Waals surface area contributed by atoms with E-state index in [-0.39, 0.29) is 47.4 Å². The van der Waals surface area contributed by atoms with E-state index in [2.05, 4.69) is 15.4 Å². The molecule has 3 rings (SSSR count). The number of hydrogen-bond acceptors (Lipinski definition) is 6. The van der Waals surface area contributed by atoms with E-state index < -0.39 is 14.9 Å². The number of carbonyl (C=O) groups excluding carboxylic acids is 1. The lowest BCUT2D eigenvalue weighted by Crippen LogP contribution is -2.49. The van der Waals surface area contributed by atoms with E-state index in [0.717, 1.165) is 38.3 Å². The monoisotopic (exact) mass is 432 g/mol. The molecule has 1 aromatic rings. The van der Waals surface area contributed by atoms with Gasteiger partial charge < -0.3 is 10.6 Å². The molecule has 1 heterocycles. The minimum absolute atomic E-state index is 0. The number of nitrogens with one attached hydrogen (secondary N) is 3.